The van der Waals surface area contributed by atoms with Gasteiger partial charge in [-0.3, -0.25) is 9.10 Å². The molecule has 0 spiro atoms. The summed E-state index contributed by atoms with van der Waals surface area (Å²) in [6, 6.07) is 12.1. The Kier molecular flexibility index (Phi) is 7.65. The zero-order chi connectivity index (χ0) is 24.2. The van der Waals surface area contributed by atoms with Crippen molar-refractivity contribution in [3.8, 4) is 5.75 Å². The molecule has 0 saturated heterocycles. The molecule has 9 nitrogen and oxygen atoms in total. The van der Waals surface area contributed by atoms with Crippen molar-refractivity contribution in [2.24, 2.45) is 5.92 Å². The SMILES string of the molecule is COc1ccc(S(=O)(=O)N[C@H](C(=O)NCCS(=O)(=O)N2CCc3ccccc32)C(C)C)cc1. The lowest BCUT2D eigenvalue weighted by Crippen LogP contribution is -2.50. The van der Waals surface area contributed by atoms with Gasteiger partial charge in [0.15, 0.2) is 0 Å². The number of hydrogen-bond acceptors (Lipinski definition) is 6. The van der Waals surface area contributed by atoms with Crippen LogP contribution in [0, 0.1) is 5.92 Å². The molecule has 2 aromatic carbocycles. The number of methoxy groups -OCH3 is 1. The smallest absolute Gasteiger partial charge is 0.241 e. The number of ether oxygens (including phenoxy) is 1. The largest absolute Gasteiger partial charge is 0.497 e. The number of rotatable bonds is 10. The molecule has 0 radical (unpaired) electrons. The Morgan fingerprint density at radius 3 is 2.36 bits per heavy atom. The van der Waals surface area contributed by atoms with Gasteiger partial charge in [0.25, 0.3) is 0 Å². The van der Waals surface area contributed by atoms with Crippen molar-refractivity contribution in [1.29, 1.82) is 0 Å². The fraction of sp³-hybridized carbons (Fsp3) is 0.409. The molecule has 11 heteroatoms. The zero-order valence-electron chi connectivity index (χ0n) is 18.8. The first-order valence-electron chi connectivity index (χ1n) is 10.6. The van der Waals surface area contributed by atoms with Gasteiger partial charge in [-0.2, -0.15) is 4.72 Å². The fourth-order valence-corrected chi connectivity index (χ4v) is 6.37. The van der Waals surface area contributed by atoms with Gasteiger partial charge in [-0.25, -0.2) is 16.8 Å². The molecule has 2 N–H and O–H groups in total. The third-order valence-electron chi connectivity index (χ3n) is 5.44. The van der Waals surface area contributed by atoms with E-state index in [0.29, 0.717) is 24.4 Å². The molecule has 3 rings (SSSR count). The lowest BCUT2D eigenvalue weighted by atomic mass is 10.1. The van der Waals surface area contributed by atoms with Crippen molar-refractivity contribution >= 4 is 31.6 Å². The fourth-order valence-electron chi connectivity index (χ4n) is 3.60. The average molecular weight is 496 g/mol. The van der Waals surface area contributed by atoms with E-state index in [1.807, 2.05) is 12.1 Å². The molecular formula is C22H29N3O6S2. The molecule has 0 aliphatic carbocycles. The highest BCUT2D eigenvalue weighted by Crippen LogP contribution is 2.29. The highest BCUT2D eigenvalue weighted by atomic mass is 32.2. The van der Waals surface area contributed by atoms with Crippen LogP contribution in [0.3, 0.4) is 0 Å². The number of carbonyl (C=O) groups excluding carboxylic acids is 1. The average Bonchev–Trinajstić information content (AvgIpc) is 3.22. The maximum atomic E-state index is 12.8. The van der Waals surface area contributed by atoms with Gasteiger partial charge in [-0.05, 0) is 48.2 Å². The van der Waals surface area contributed by atoms with Gasteiger partial charge in [0.2, 0.25) is 26.0 Å². The van der Waals surface area contributed by atoms with E-state index in [1.165, 1.54) is 35.7 Å². The summed E-state index contributed by atoms with van der Waals surface area (Å²) in [5, 5.41) is 2.57. The van der Waals surface area contributed by atoms with Crippen LogP contribution in [0.2, 0.25) is 0 Å². The van der Waals surface area contributed by atoms with E-state index >= 15 is 0 Å². The van der Waals surface area contributed by atoms with Gasteiger partial charge in [0.05, 0.1) is 23.4 Å². The maximum absolute atomic E-state index is 12.8. The van der Waals surface area contributed by atoms with Gasteiger partial charge in [0, 0.05) is 13.1 Å². The highest BCUT2D eigenvalue weighted by Gasteiger charge is 2.31. The summed E-state index contributed by atoms with van der Waals surface area (Å²) in [7, 11) is -6.12. The Labute approximate surface area is 195 Å². The third-order valence-corrected chi connectivity index (χ3v) is 8.67. The molecular weight excluding hydrogens is 466 g/mol. The highest BCUT2D eigenvalue weighted by molar-refractivity contribution is 7.92. The van der Waals surface area contributed by atoms with E-state index in [-0.39, 0.29) is 23.1 Å². The van der Waals surface area contributed by atoms with Crippen molar-refractivity contribution in [1.82, 2.24) is 10.0 Å². The minimum absolute atomic E-state index is 0.00275. The second-order valence-corrected chi connectivity index (χ2v) is 11.8. The molecule has 0 unspecified atom stereocenters. The van der Waals surface area contributed by atoms with Gasteiger partial charge in [-0.15, -0.1) is 0 Å². The van der Waals surface area contributed by atoms with Crippen LogP contribution in [-0.2, 0) is 31.3 Å². The summed E-state index contributed by atoms with van der Waals surface area (Å²) in [4.78, 5) is 12.7. The molecule has 0 saturated carbocycles. The van der Waals surface area contributed by atoms with Crippen LogP contribution in [0.15, 0.2) is 53.4 Å². The third kappa shape index (κ3) is 5.84. The summed E-state index contributed by atoms with van der Waals surface area (Å²) in [6.07, 6.45) is 0.643. The number of hydrogen-bond donors (Lipinski definition) is 2. The van der Waals surface area contributed by atoms with E-state index in [9.17, 15) is 21.6 Å². The molecule has 1 heterocycles. The quantitative estimate of drug-likeness (QED) is 0.515. The number of nitrogens with zero attached hydrogens (tertiary/aromatic N) is 1. The van der Waals surface area contributed by atoms with Crippen LogP contribution < -0.4 is 19.1 Å². The second kappa shape index (κ2) is 10.1. The van der Waals surface area contributed by atoms with Crippen molar-refractivity contribution in [2.45, 2.75) is 31.2 Å². The Balaban J connectivity index is 1.62. The van der Waals surface area contributed by atoms with Crippen LogP contribution in [0.1, 0.15) is 19.4 Å². The van der Waals surface area contributed by atoms with E-state index in [1.54, 1.807) is 26.0 Å². The number of fused-ring (bicyclic) bond motifs is 1. The number of nitrogens with one attached hydrogen (secondary N) is 2. The van der Waals surface area contributed by atoms with Crippen LogP contribution in [0.25, 0.3) is 0 Å². The van der Waals surface area contributed by atoms with Crippen molar-refractivity contribution in [3.63, 3.8) is 0 Å². The Bertz CT molecular complexity index is 1190. The van der Waals surface area contributed by atoms with Crippen molar-refractivity contribution in [2.75, 3.05) is 30.3 Å². The standard InChI is InChI=1S/C22H29N3O6S2/c1-16(2)21(24-33(29,30)19-10-8-18(31-3)9-11-19)22(26)23-13-15-32(27,28)25-14-12-17-6-4-5-7-20(17)25/h4-11,16,21,24H,12-15H2,1-3H3,(H,23,26)/t21-/m0/s1. The maximum Gasteiger partial charge on any atom is 0.241 e. The Hall–Kier alpha value is -2.63. The predicted molar refractivity (Wildman–Crippen MR) is 126 cm³/mol. The number of sulfonamides is 2. The molecule has 0 bridgehead atoms. The van der Waals surface area contributed by atoms with Crippen LogP contribution >= 0.6 is 0 Å². The van der Waals surface area contributed by atoms with E-state index in [0.717, 1.165) is 5.56 Å². The normalized spacial score (nSPS) is 14.7. The topological polar surface area (TPSA) is 122 Å². The zero-order valence-corrected chi connectivity index (χ0v) is 20.4. The van der Waals surface area contributed by atoms with Gasteiger partial charge >= 0.3 is 0 Å². The lowest BCUT2D eigenvalue weighted by Gasteiger charge is -2.23. The van der Waals surface area contributed by atoms with Gasteiger partial charge in [0.1, 0.15) is 11.8 Å². The molecule has 1 aliphatic heterocycles. The first kappa shape index (κ1) is 25.0. The molecule has 2 aromatic rings. The minimum Gasteiger partial charge on any atom is -0.497 e. The first-order chi connectivity index (χ1) is 15.5. The number of benzene rings is 2. The summed E-state index contributed by atoms with van der Waals surface area (Å²) in [5.41, 5.74) is 1.63. The van der Waals surface area contributed by atoms with Gasteiger partial charge in [-0.1, -0.05) is 32.0 Å². The number of para-hydroxylation sites is 1. The Morgan fingerprint density at radius 2 is 1.73 bits per heavy atom. The lowest BCUT2D eigenvalue weighted by molar-refractivity contribution is -0.123. The molecule has 1 aliphatic rings. The summed E-state index contributed by atoms with van der Waals surface area (Å²) in [5.74, 6) is -0.725. The summed E-state index contributed by atoms with van der Waals surface area (Å²) < 4.78 is 59.9. The van der Waals surface area contributed by atoms with Crippen molar-refractivity contribution < 1.29 is 26.4 Å². The number of anilines is 1. The summed E-state index contributed by atoms with van der Waals surface area (Å²) in [6.45, 7) is 3.65. The molecule has 33 heavy (non-hydrogen) atoms. The second-order valence-electron chi connectivity index (χ2n) is 8.08. The van der Waals surface area contributed by atoms with E-state index < -0.39 is 32.0 Å². The van der Waals surface area contributed by atoms with Crippen LogP contribution in [0.4, 0.5) is 5.69 Å². The number of amides is 1. The van der Waals surface area contributed by atoms with Crippen LogP contribution in [-0.4, -0.2) is 54.7 Å². The Morgan fingerprint density at radius 1 is 1.06 bits per heavy atom. The molecule has 0 aromatic heterocycles. The van der Waals surface area contributed by atoms with Crippen LogP contribution in [0.5, 0.6) is 5.75 Å². The molecule has 0 fully saturated rings. The number of carbonyl (C=O) groups is 1. The van der Waals surface area contributed by atoms with Crippen molar-refractivity contribution in [3.05, 3.63) is 54.1 Å². The van der Waals surface area contributed by atoms with E-state index in [4.69, 9.17) is 4.74 Å². The minimum atomic E-state index is -3.97. The summed E-state index contributed by atoms with van der Waals surface area (Å²) >= 11 is 0. The molecule has 1 atom stereocenters. The van der Waals surface area contributed by atoms with Gasteiger partial charge < -0.3 is 10.1 Å². The molecule has 1 amide bonds. The molecule has 180 valence electrons. The predicted octanol–water partition coefficient (Wildman–Crippen LogP) is 1.51. The first-order valence-corrected chi connectivity index (χ1v) is 13.7. The monoisotopic (exact) mass is 495 g/mol. The van der Waals surface area contributed by atoms with E-state index in [2.05, 4.69) is 10.0 Å².